The predicted molar refractivity (Wildman–Crippen MR) is 85.8 cm³/mol. The number of nitrogens with zero attached hydrogens (tertiary/aromatic N) is 2. The van der Waals surface area contributed by atoms with E-state index in [9.17, 15) is 0 Å². The fourth-order valence-corrected chi connectivity index (χ4v) is 2.12. The van der Waals surface area contributed by atoms with Gasteiger partial charge in [0.15, 0.2) is 5.82 Å². The minimum atomic E-state index is 0.168. The highest BCUT2D eigenvalue weighted by Gasteiger charge is 2.09. The molecule has 1 atom stereocenters. The standard InChI is InChI=1S/C16H29N3O2/c1-5-7-8-9-10-13(3)21-16-11-14(17-6-2)18-15(19-16)12-20-4/h11,13H,5-10,12H2,1-4H3,(H,17,18,19). The zero-order valence-electron chi connectivity index (χ0n) is 13.8. The predicted octanol–water partition coefficient (Wildman–Crippen LogP) is 3.79. The summed E-state index contributed by atoms with van der Waals surface area (Å²) in [5.74, 6) is 2.05. The van der Waals surface area contributed by atoms with Crippen LogP contribution in [0, 0.1) is 0 Å². The lowest BCUT2D eigenvalue weighted by Gasteiger charge is -2.15. The highest BCUT2D eigenvalue weighted by Crippen LogP contribution is 2.17. The van der Waals surface area contributed by atoms with Crippen LogP contribution in [0.5, 0.6) is 5.88 Å². The lowest BCUT2D eigenvalue weighted by atomic mass is 10.1. The second kappa shape index (κ2) is 10.4. The van der Waals surface area contributed by atoms with Crippen LogP contribution < -0.4 is 10.1 Å². The number of hydrogen-bond acceptors (Lipinski definition) is 5. The number of nitrogens with one attached hydrogen (secondary N) is 1. The monoisotopic (exact) mass is 295 g/mol. The lowest BCUT2D eigenvalue weighted by Crippen LogP contribution is -2.14. The Morgan fingerprint density at radius 2 is 2.00 bits per heavy atom. The first-order valence-electron chi connectivity index (χ1n) is 7.97. The van der Waals surface area contributed by atoms with Gasteiger partial charge in [0.05, 0.1) is 6.10 Å². The van der Waals surface area contributed by atoms with Crippen molar-refractivity contribution in [3.63, 3.8) is 0 Å². The topological polar surface area (TPSA) is 56.3 Å². The van der Waals surface area contributed by atoms with Crippen molar-refractivity contribution in [2.75, 3.05) is 19.0 Å². The number of hydrogen-bond donors (Lipinski definition) is 1. The van der Waals surface area contributed by atoms with Crippen LogP contribution in [0.4, 0.5) is 5.82 Å². The minimum Gasteiger partial charge on any atom is -0.475 e. The summed E-state index contributed by atoms with van der Waals surface area (Å²) in [4.78, 5) is 8.77. The fourth-order valence-electron chi connectivity index (χ4n) is 2.12. The van der Waals surface area contributed by atoms with Crippen LogP contribution in [0.25, 0.3) is 0 Å². The Kier molecular flexibility index (Phi) is 8.74. The van der Waals surface area contributed by atoms with Gasteiger partial charge in [-0.25, -0.2) is 4.98 Å². The van der Waals surface area contributed by atoms with Crippen LogP contribution >= 0.6 is 0 Å². The third kappa shape index (κ3) is 7.27. The molecule has 1 heterocycles. The van der Waals surface area contributed by atoms with Crippen molar-refractivity contribution in [1.29, 1.82) is 0 Å². The van der Waals surface area contributed by atoms with Crippen molar-refractivity contribution in [2.24, 2.45) is 0 Å². The molecule has 0 spiro atoms. The molecule has 1 N–H and O–H groups in total. The maximum Gasteiger partial charge on any atom is 0.219 e. The number of rotatable bonds is 11. The Morgan fingerprint density at radius 1 is 1.19 bits per heavy atom. The van der Waals surface area contributed by atoms with Crippen LogP contribution in [0.1, 0.15) is 58.7 Å². The van der Waals surface area contributed by atoms with Gasteiger partial charge in [-0.3, -0.25) is 0 Å². The molecule has 0 saturated heterocycles. The van der Waals surface area contributed by atoms with Gasteiger partial charge >= 0.3 is 0 Å². The zero-order valence-corrected chi connectivity index (χ0v) is 13.8. The van der Waals surface area contributed by atoms with Gasteiger partial charge in [0.2, 0.25) is 5.88 Å². The molecule has 0 fully saturated rings. The minimum absolute atomic E-state index is 0.168. The maximum atomic E-state index is 5.92. The van der Waals surface area contributed by atoms with Gasteiger partial charge < -0.3 is 14.8 Å². The fraction of sp³-hybridized carbons (Fsp3) is 0.750. The summed E-state index contributed by atoms with van der Waals surface area (Å²) in [5, 5.41) is 3.19. The van der Waals surface area contributed by atoms with Gasteiger partial charge in [-0.2, -0.15) is 4.98 Å². The molecule has 0 aromatic carbocycles. The molecule has 0 saturated carbocycles. The van der Waals surface area contributed by atoms with E-state index in [0.29, 0.717) is 18.3 Å². The Bertz CT molecular complexity index is 375. The van der Waals surface area contributed by atoms with Crippen molar-refractivity contribution in [1.82, 2.24) is 9.97 Å². The van der Waals surface area contributed by atoms with E-state index in [0.717, 1.165) is 18.8 Å². The molecule has 1 aromatic heterocycles. The first-order chi connectivity index (χ1) is 10.2. The smallest absolute Gasteiger partial charge is 0.219 e. The molecule has 5 nitrogen and oxygen atoms in total. The van der Waals surface area contributed by atoms with E-state index in [1.807, 2.05) is 13.0 Å². The number of aromatic nitrogens is 2. The van der Waals surface area contributed by atoms with Crippen molar-refractivity contribution in [2.45, 2.75) is 65.6 Å². The first-order valence-corrected chi connectivity index (χ1v) is 7.97. The average Bonchev–Trinajstić information content (AvgIpc) is 2.44. The van der Waals surface area contributed by atoms with Crippen LogP contribution in [-0.2, 0) is 11.3 Å². The molecule has 5 heteroatoms. The third-order valence-electron chi connectivity index (χ3n) is 3.17. The molecular weight excluding hydrogens is 266 g/mol. The largest absolute Gasteiger partial charge is 0.475 e. The first kappa shape index (κ1) is 17.7. The molecule has 1 rings (SSSR count). The summed E-state index contributed by atoms with van der Waals surface area (Å²) in [6, 6.07) is 1.85. The second-order valence-electron chi connectivity index (χ2n) is 5.25. The molecule has 120 valence electrons. The molecule has 0 aliphatic heterocycles. The molecule has 0 bridgehead atoms. The van der Waals surface area contributed by atoms with Crippen LogP contribution in [0.3, 0.4) is 0 Å². The van der Waals surface area contributed by atoms with Crippen LogP contribution in [0.2, 0.25) is 0 Å². The summed E-state index contributed by atoms with van der Waals surface area (Å²) < 4.78 is 11.0. The van der Waals surface area contributed by atoms with Crippen molar-refractivity contribution >= 4 is 5.82 Å². The van der Waals surface area contributed by atoms with Gasteiger partial charge in [0.25, 0.3) is 0 Å². The van der Waals surface area contributed by atoms with Crippen LogP contribution in [-0.4, -0.2) is 29.7 Å². The van der Waals surface area contributed by atoms with Gasteiger partial charge in [0, 0.05) is 19.7 Å². The summed E-state index contributed by atoms with van der Waals surface area (Å²) in [6.45, 7) is 7.56. The average molecular weight is 295 g/mol. The van der Waals surface area contributed by atoms with E-state index >= 15 is 0 Å². The Hall–Kier alpha value is -1.36. The maximum absolute atomic E-state index is 5.92. The van der Waals surface area contributed by atoms with E-state index in [-0.39, 0.29) is 6.10 Å². The molecule has 0 radical (unpaired) electrons. The summed E-state index contributed by atoms with van der Waals surface area (Å²) in [6.07, 6.45) is 6.24. The van der Waals surface area contributed by atoms with E-state index in [1.165, 1.54) is 25.7 Å². The number of methoxy groups -OCH3 is 1. The third-order valence-corrected chi connectivity index (χ3v) is 3.17. The number of ether oxygens (including phenoxy) is 2. The highest BCUT2D eigenvalue weighted by molar-refractivity contribution is 5.38. The summed E-state index contributed by atoms with van der Waals surface area (Å²) in [5.41, 5.74) is 0. The molecule has 0 aliphatic rings. The quantitative estimate of drug-likeness (QED) is 0.629. The van der Waals surface area contributed by atoms with Gasteiger partial charge in [-0.05, 0) is 26.7 Å². The summed E-state index contributed by atoms with van der Waals surface area (Å²) >= 11 is 0. The van der Waals surface area contributed by atoms with Gasteiger partial charge in [-0.1, -0.05) is 26.2 Å². The van der Waals surface area contributed by atoms with Gasteiger partial charge in [0.1, 0.15) is 12.4 Å². The SMILES string of the molecule is CCCCCCC(C)Oc1cc(NCC)nc(COC)n1. The van der Waals surface area contributed by atoms with E-state index in [2.05, 4.69) is 29.1 Å². The molecule has 21 heavy (non-hydrogen) atoms. The Balaban J connectivity index is 2.58. The lowest BCUT2D eigenvalue weighted by molar-refractivity contribution is 0.171. The normalized spacial score (nSPS) is 12.2. The second-order valence-corrected chi connectivity index (χ2v) is 5.25. The van der Waals surface area contributed by atoms with E-state index in [4.69, 9.17) is 9.47 Å². The van der Waals surface area contributed by atoms with Crippen molar-refractivity contribution < 1.29 is 9.47 Å². The Morgan fingerprint density at radius 3 is 2.67 bits per heavy atom. The van der Waals surface area contributed by atoms with Crippen LogP contribution in [0.15, 0.2) is 6.07 Å². The van der Waals surface area contributed by atoms with Crippen molar-refractivity contribution in [3.8, 4) is 5.88 Å². The Labute approximate surface area is 128 Å². The number of unbranched alkanes of at least 4 members (excludes halogenated alkanes) is 3. The van der Waals surface area contributed by atoms with Crippen molar-refractivity contribution in [3.05, 3.63) is 11.9 Å². The molecule has 0 aliphatic carbocycles. The number of anilines is 1. The van der Waals surface area contributed by atoms with E-state index < -0.39 is 0 Å². The molecular formula is C16H29N3O2. The zero-order chi connectivity index (χ0) is 15.5. The van der Waals surface area contributed by atoms with E-state index in [1.54, 1.807) is 7.11 Å². The molecule has 0 amide bonds. The molecule has 1 aromatic rings. The summed E-state index contributed by atoms with van der Waals surface area (Å²) in [7, 11) is 1.64. The van der Waals surface area contributed by atoms with Gasteiger partial charge in [-0.15, -0.1) is 0 Å². The molecule has 1 unspecified atom stereocenters. The highest BCUT2D eigenvalue weighted by atomic mass is 16.5.